The van der Waals surface area contributed by atoms with Gasteiger partial charge in [-0.3, -0.25) is 0 Å². The number of hydrogen-bond acceptors (Lipinski definition) is 6. The summed E-state index contributed by atoms with van der Waals surface area (Å²) < 4.78 is 21.8. The Hall–Kier alpha value is -1.99. The third-order valence-corrected chi connectivity index (χ3v) is 4.18. The number of carbonyl (C=O) groups excluding carboxylic acids is 1. The van der Waals surface area contributed by atoms with Crippen molar-refractivity contribution in [3.63, 3.8) is 0 Å². The molecule has 1 aliphatic rings. The van der Waals surface area contributed by atoms with Gasteiger partial charge in [-0.05, 0) is 26.8 Å². The molecule has 0 fully saturated rings. The Morgan fingerprint density at radius 1 is 1.19 bits per heavy atom. The maximum Gasteiger partial charge on any atom is 0.410 e. The van der Waals surface area contributed by atoms with Crippen LogP contribution in [0, 0.1) is 0 Å². The van der Waals surface area contributed by atoms with E-state index in [-0.39, 0.29) is 6.09 Å². The molecule has 1 aliphatic heterocycles. The lowest BCUT2D eigenvalue weighted by Crippen LogP contribution is -2.37. The number of methoxy groups -OCH3 is 2. The van der Waals surface area contributed by atoms with Crippen LogP contribution in [0.2, 0.25) is 0 Å². The van der Waals surface area contributed by atoms with E-state index in [1.807, 2.05) is 39.0 Å². The second kappa shape index (κ2) is 9.80. The minimum absolute atomic E-state index is 0.315. The predicted molar refractivity (Wildman–Crippen MR) is 105 cm³/mol. The molecule has 0 unspecified atom stereocenters. The number of fused-ring (bicyclic) bond motifs is 1. The van der Waals surface area contributed by atoms with Crippen molar-refractivity contribution in [3.05, 3.63) is 23.8 Å². The molecule has 0 aliphatic carbocycles. The highest BCUT2D eigenvalue weighted by Gasteiger charge is 2.25. The molecule has 1 aromatic carbocycles. The lowest BCUT2D eigenvalue weighted by molar-refractivity contribution is 0.0225. The van der Waals surface area contributed by atoms with E-state index in [0.29, 0.717) is 32.9 Å². The summed E-state index contributed by atoms with van der Waals surface area (Å²) in [6.45, 7) is 9.81. The molecule has 1 amide bonds. The molecule has 27 heavy (non-hydrogen) atoms. The van der Waals surface area contributed by atoms with Crippen molar-refractivity contribution in [3.8, 4) is 5.75 Å². The third-order valence-electron chi connectivity index (χ3n) is 4.18. The molecule has 0 atom stereocenters. The first kappa shape index (κ1) is 21.3. The first-order chi connectivity index (χ1) is 12.8. The largest absolute Gasteiger partial charge is 0.491 e. The van der Waals surface area contributed by atoms with Gasteiger partial charge < -0.3 is 28.7 Å². The number of benzene rings is 1. The Morgan fingerprint density at radius 2 is 1.85 bits per heavy atom. The van der Waals surface area contributed by atoms with Gasteiger partial charge in [0, 0.05) is 44.6 Å². The fourth-order valence-electron chi connectivity index (χ4n) is 2.81. The molecule has 0 bridgehead atoms. The number of nitrogens with zero attached hydrogens (tertiary/aromatic N) is 2. The quantitative estimate of drug-likeness (QED) is 0.725. The molecule has 7 nitrogen and oxygen atoms in total. The van der Waals surface area contributed by atoms with Gasteiger partial charge >= 0.3 is 6.09 Å². The Bertz CT molecular complexity index is 607. The molecule has 1 aromatic rings. The molecule has 0 saturated carbocycles. The van der Waals surface area contributed by atoms with Gasteiger partial charge in [0.15, 0.2) is 0 Å². The standard InChI is InChI=1S/C20H32N2O5/c1-20(2,3)27-19(23)22-10-13-26-18-14-17(7-6-16(18)15-22)21(8-11-24-4)9-12-25-5/h6-7,14H,8-13,15H2,1-5H3. The van der Waals surface area contributed by atoms with Gasteiger partial charge in [0.25, 0.3) is 0 Å². The molecule has 1 heterocycles. The molecule has 0 radical (unpaired) electrons. The first-order valence-electron chi connectivity index (χ1n) is 9.30. The highest BCUT2D eigenvalue weighted by Crippen LogP contribution is 2.29. The summed E-state index contributed by atoms with van der Waals surface area (Å²) in [6.07, 6.45) is -0.315. The van der Waals surface area contributed by atoms with Crippen LogP contribution in [0.25, 0.3) is 0 Å². The van der Waals surface area contributed by atoms with Crippen molar-refractivity contribution in [1.82, 2.24) is 4.90 Å². The molecular formula is C20H32N2O5. The highest BCUT2D eigenvalue weighted by molar-refractivity contribution is 5.68. The summed E-state index contributed by atoms with van der Waals surface area (Å²) >= 11 is 0. The molecule has 0 saturated heterocycles. The van der Waals surface area contributed by atoms with E-state index in [0.717, 1.165) is 30.1 Å². The first-order valence-corrected chi connectivity index (χ1v) is 9.30. The minimum Gasteiger partial charge on any atom is -0.491 e. The van der Waals surface area contributed by atoms with Crippen molar-refractivity contribution < 1.29 is 23.7 Å². The predicted octanol–water partition coefficient (Wildman–Crippen LogP) is 2.92. The number of carbonyl (C=O) groups is 1. The maximum absolute atomic E-state index is 12.4. The summed E-state index contributed by atoms with van der Waals surface area (Å²) in [5.41, 5.74) is 1.51. The molecular weight excluding hydrogens is 348 g/mol. The molecule has 0 spiro atoms. The van der Waals surface area contributed by atoms with Crippen molar-refractivity contribution >= 4 is 11.8 Å². The zero-order chi connectivity index (χ0) is 19.9. The third kappa shape index (κ3) is 6.59. The second-order valence-electron chi connectivity index (χ2n) is 7.52. The monoisotopic (exact) mass is 380 g/mol. The number of amides is 1. The van der Waals surface area contributed by atoms with E-state index in [9.17, 15) is 4.79 Å². The van der Waals surface area contributed by atoms with Crippen molar-refractivity contribution in [2.24, 2.45) is 0 Å². The van der Waals surface area contributed by atoms with Crippen LogP contribution in [0.4, 0.5) is 10.5 Å². The van der Waals surface area contributed by atoms with E-state index in [2.05, 4.69) is 4.90 Å². The summed E-state index contributed by atoms with van der Waals surface area (Å²) in [4.78, 5) is 16.3. The molecule has 7 heteroatoms. The molecule has 2 rings (SSSR count). The van der Waals surface area contributed by atoms with E-state index < -0.39 is 5.60 Å². The van der Waals surface area contributed by atoms with Crippen LogP contribution < -0.4 is 9.64 Å². The van der Waals surface area contributed by atoms with Crippen molar-refractivity contribution in [1.29, 1.82) is 0 Å². The van der Waals surface area contributed by atoms with Crippen LogP contribution in [0.1, 0.15) is 26.3 Å². The van der Waals surface area contributed by atoms with Crippen molar-refractivity contribution in [2.75, 3.05) is 58.6 Å². The van der Waals surface area contributed by atoms with Crippen LogP contribution in [0.5, 0.6) is 5.75 Å². The fraction of sp³-hybridized carbons (Fsp3) is 0.650. The van der Waals surface area contributed by atoms with Crippen LogP contribution in [0.15, 0.2) is 18.2 Å². The number of anilines is 1. The van der Waals surface area contributed by atoms with Gasteiger partial charge in [-0.25, -0.2) is 4.79 Å². The van der Waals surface area contributed by atoms with Gasteiger partial charge in [0.05, 0.1) is 26.3 Å². The number of hydrogen-bond donors (Lipinski definition) is 0. The lowest BCUT2D eigenvalue weighted by atomic mass is 10.1. The molecule has 0 N–H and O–H groups in total. The fourth-order valence-corrected chi connectivity index (χ4v) is 2.81. The highest BCUT2D eigenvalue weighted by atomic mass is 16.6. The van der Waals surface area contributed by atoms with Gasteiger partial charge in [-0.1, -0.05) is 6.07 Å². The normalized spacial score (nSPS) is 14.2. The Kier molecular flexibility index (Phi) is 7.74. The van der Waals surface area contributed by atoms with E-state index in [4.69, 9.17) is 18.9 Å². The van der Waals surface area contributed by atoms with Gasteiger partial charge in [0.2, 0.25) is 0 Å². The SMILES string of the molecule is COCCN(CCOC)c1ccc2c(c1)OCCN(C(=O)OC(C)(C)C)C2. The Balaban J connectivity index is 2.14. The summed E-state index contributed by atoms with van der Waals surface area (Å²) in [6, 6.07) is 6.09. The van der Waals surface area contributed by atoms with Crippen LogP contribution >= 0.6 is 0 Å². The van der Waals surface area contributed by atoms with Crippen LogP contribution in [-0.4, -0.2) is 70.3 Å². The average molecular weight is 380 g/mol. The minimum atomic E-state index is -0.514. The van der Waals surface area contributed by atoms with Crippen LogP contribution in [0.3, 0.4) is 0 Å². The summed E-state index contributed by atoms with van der Waals surface area (Å²) in [5.74, 6) is 0.804. The Morgan fingerprint density at radius 3 is 2.44 bits per heavy atom. The Labute approximate surface area is 162 Å². The topological polar surface area (TPSA) is 60.5 Å². The average Bonchev–Trinajstić information content (AvgIpc) is 2.82. The molecule has 152 valence electrons. The number of rotatable bonds is 7. The number of ether oxygens (including phenoxy) is 4. The summed E-state index contributed by atoms with van der Waals surface area (Å²) in [7, 11) is 3.39. The maximum atomic E-state index is 12.4. The van der Waals surface area contributed by atoms with E-state index in [1.165, 1.54) is 0 Å². The zero-order valence-corrected chi connectivity index (χ0v) is 17.1. The lowest BCUT2D eigenvalue weighted by Gasteiger charge is -2.26. The second-order valence-corrected chi connectivity index (χ2v) is 7.52. The van der Waals surface area contributed by atoms with Gasteiger partial charge in [-0.15, -0.1) is 0 Å². The zero-order valence-electron chi connectivity index (χ0n) is 17.1. The summed E-state index contributed by atoms with van der Waals surface area (Å²) in [5, 5.41) is 0. The van der Waals surface area contributed by atoms with E-state index >= 15 is 0 Å². The van der Waals surface area contributed by atoms with Gasteiger partial charge in [-0.2, -0.15) is 0 Å². The molecule has 0 aromatic heterocycles. The smallest absolute Gasteiger partial charge is 0.410 e. The van der Waals surface area contributed by atoms with Crippen LogP contribution in [-0.2, 0) is 20.8 Å². The van der Waals surface area contributed by atoms with E-state index in [1.54, 1.807) is 19.1 Å². The van der Waals surface area contributed by atoms with Crippen molar-refractivity contribution in [2.45, 2.75) is 32.9 Å². The van der Waals surface area contributed by atoms with Gasteiger partial charge in [0.1, 0.15) is 18.0 Å².